The van der Waals surface area contributed by atoms with Gasteiger partial charge in [-0.1, -0.05) is 50.2 Å². The lowest BCUT2D eigenvalue weighted by atomic mass is 9.99. The van der Waals surface area contributed by atoms with Crippen LogP contribution in [0.5, 0.6) is 0 Å². The largest absolute Gasteiger partial charge is 0.383 e. The number of benzene rings is 2. The molecule has 1 atom stereocenters. The van der Waals surface area contributed by atoms with Crippen molar-refractivity contribution < 1.29 is 9.53 Å². The first-order valence-corrected chi connectivity index (χ1v) is 8.37. The monoisotopic (exact) mass is 324 g/mol. The Morgan fingerprint density at radius 1 is 1.12 bits per heavy atom. The third kappa shape index (κ3) is 3.15. The highest BCUT2D eigenvalue weighted by atomic mass is 16.5. The van der Waals surface area contributed by atoms with E-state index in [9.17, 15) is 4.79 Å². The summed E-state index contributed by atoms with van der Waals surface area (Å²) in [5.41, 5.74) is 3.97. The molecule has 4 heteroatoms. The minimum atomic E-state index is -0.177. The molecule has 1 amide bonds. The second-order valence-electron chi connectivity index (χ2n) is 6.41. The highest BCUT2D eigenvalue weighted by Crippen LogP contribution is 2.33. The lowest BCUT2D eigenvalue weighted by Crippen LogP contribution is -2.44. The van der Waals surface area contributed by atoms with E-state index < -0.39 is 0 Å². The Bertz CT molecular complexity index is 710. The van der Waals surface area contributed by atoms with Gasteiger partial charge < -0.3 is 15.0 Å². The number of amides is 1. The number of para-hydroxylation sites is 1. The highest BCUT2D eigenvalue weighted by Gasteiger charge is 2.32. The maximum atomic E-state index is 12.9. The van der Waals surface area contributed by atoms with Gasteiger partial charge in [0.15, 0.2) is 0 Å². The van der Waals surface area contributed by atoms with E-state index in [1.807, 2.05) is 29.2 Å². The molecule has 0 bridgehead atoms. The molecular formula is C20H24N2O2. The zero-order chi connectivity index (χ0) is 17.1. The van der Waals surface area contributed by atoms with Crippen LogP contribution in [0.25, 0.3) is 0 Å². The molecule has 24 heavy (non-hydrogen) atoms. The minimum Gasteiger partial charge on any atom is -0.383 e. The van der Waals surface area contributed by atoms with Crippen LogP contribution in [0.2, 0.25) is 0 Å². The third-order valence-corrected chi connectivity index (χ3v) is 4.48. The summed E-state index contributed by atoms with van der Waals surface area (Å²) >= 11 is 0. The topological polar surface area (TPSA) is 41.6 Å². The molecule has 3 rings (SSSR count). The van der Waals surface area contributed by atoms with Gasteiger partial charge in [0.1, 0.15) is 6.17 Å². The number of carbonyl (C=O) groups excluding carboxylic acids is 1. The number of hydrogen-bond donors (Lipinski definition) is 1. The molecule has 0 aliphatic carbocycles. The van der Waals surface area contributed by atoms with Crippen LogP contribution in [-0.4, -0.2) is 31.1 Å². The van der Waals surface area contributed by atoms with Crippen molar-refractivity contribution in [2.24, 2.45) is 0 Å². The Morgan fingerprint density at radius 3 is 2.50 bits per heavy atom. The molecule has 2 aromatic carbocycles. The lowest BCUT2D eigenvalue weighted by Gasteiger charge is -2.38. The summed E-state index contributed by atoms with van der Waals surface area (Å²) in [6.45, 7) is 5.42. The first kappa shape index (κ1) is 16.5. The summed E-state index contributed by atoms with van der Waals surface area (Å²) in [6, 6.07) is 16.1. The fourth-order valence-corrected chi connectivity index (χ4v) is 3.04. The van der Waals surface area contributed by atoms with Crippen molar-refractivity contribution in [3.8, 4) is 0 Å². The van der Waals surface area contributed by atoms with Crippen LogP contribution in [0.4, 0.5) is 5.69 Å². The van der Waals surface area contributed by atoms with Crippen molar-refractivity contribution in [2.45, 2.75) is 25.9 Å². The first-order valence-electron chi connectivity index (χ1n) is 8.37. The van der Waals surface area contributed by atoms with E-state index in [2.05, 4.69) is 43.4 Å². The van der Waals surface area contributed by atoms with Crippen molar-refractivity contribution in [3.63, 3.8) is 0 Å². The predicted molar refractivity (Wildman–Crippen MR) is 96.2 cm³/mol. The number of nitrogens with one attached hydrogen (secondary N) is 1. The van der Waals surface area contributed by atoms with E-state index in [1.165, 1.54) is 5.56 Å². The second kappa shape index (κ2) is 7.05. The van der Waals surface area contributed by atoms with Crippen LogP contribution in [0, 0.1) is 0 Å². The molecule has 0 radical (unpaired) electrons. The molecule has 1 aliphatic rings. The average molecular weight is 324 g/mol. The van der Waals surface area contributed by atoms with Gasteiger partial charge in [-0.3, -0.25) is 4.79 Å². The van der Waals surface area contributed by atoms with Crippen molar-refractivity contribution in [3.05, 3.63) is 65.2 Å². The van der Waals surface area contributed by atoms with Gasteiger partial charge in [-0.2, -0.15) is 0 Å². The molecule has 0 fully saturated rings. The van der Waals surface area contributed by atoms with E-state index in [0.717, 1.165) is 11.3 Å². The van der Waals surface area contributed by atoms with Gasteiger partial charge in [0.05, 0.1) is 12.2 Å². The molecule has 1 N–H and O–H groups in total. The summed E-state index contributed by atoms with van der Waals surface area (Å²) in [4.78, 5) is 14.8. The molecule has 0 spiro atoms. The van der Waals surface area contributed by atoms with Crippen LogP contribution >= 0.6 is 0 Å². The molecule has 126 valence electrons. The molecule has 4 nitrogen and oxygen atoms in total. The SMILES string of the molecule is COCCN1C(=O)c2ccccc2N[C@H]1c1ccc(C(C)C)cc1. The number of hydrogen-bond acceptors (Lipinski definition) is 3. The molecule has 0 unspecified atom stereocenters. The summed E-state index contributed by atoms with van der Waals surface area (Å²) in [5, 5.41) is 3.50. The van der Waals surface area contributed by atoms with Crippen LogP contribution in [0.1, 0.15) is 47.4 Å². The Labute approximate surface area is 143 Å². The number of carbonyl (C=O) groups is 1. The highest BCUT2D eigenvalue weighted by molar-refractivity contribution is 6.01. The Balaban J connectivity index is 1.95. The van der Waals surface area contributed by atoms with Crippen molar-refractivity contribution >= 4 is 11.6 Å². The smallest absolute Gasteiger partial charge is 0.257 e. The number of nitrogens with zero attached hydrogens (tertiary/aromatic N) is 1. The van der Waals surface area contributed by atoms with Crippen LogP contribution in [0.15, 0.2) is 48.5 Å². The minimum absolute atomic E-state index is 0.0411. The van der Waals surface area contributed by atoms with Crippen molar-refractivity contribution in [1.82, 2.24) is 4.90 Å². The zero-order valence-electron chi connectivity index (χ0n) is 14.5. The van der Waals surface area contributed by atoms with Crippen LogP contribution < -0.4 is 5.32 Å². The third-order valence-electron chi connectivity index (χ3n) is 4.48. The zero-order valence-corrected chi connectivity index (χ0v) is 14.5. The maximum absolute atomic E-state index is 12.9. The van der Waals surface area contributed by atoms with E-state index in [4.69, 9.17) is 4.74 Å². The van der Waals surface area contributed by atoms with Crippen LogP contribution in [-0.2, 0) is 4.74 Å². The van der Waals surface area contributed by atoms with E-state index in [1.54, 1.807) is 7.11 Å². The maximum Gasteiger partial charge on any atom is 0.257 e. The Morgan fingerprint density at radius 2 is 1.83 bits per heavy atom. The predicted octanol–water partition coefficient (Wildman–Crippen LogP) is 4.02. The normalized spacial score (nSPS) is 16.9. The number of anilines is 1. The van der Waals surface area contributed by atoms with Gasteiger partial charge in [-0.05, 0) is 29.2 Å². The van der Waals surface area contributed by atoms with E-state index in [-0.39, 0.29) is 12.1 Å². The molecule has 0 saturated carbocycles. The van der Waals surface area contributed by atoms with Gasteiger partial charge in [0.2, 0.25) is 0 Å². The van der Waals surface area contributed by atoms with Crippen molar-refractivity contribution in [2.75, 3.05) is 25.6 Å². The van der Waals surface area contributed by atoms with Gasteiger partial charge in [-0.25, -0.2) is 0 Å². The van der Waals surface area contributed by atoms with Crippen molar-refractivity contribution in [1.29, 1.82) is 0 Å². The Kier molecular flexibility index (Phi) is 4.86. The van der Waals surface area contributed by atoms with Gasteiger partial charge in [-0.15, -0.1) is 0 Å². The molecule has 1 heterocycles. The fourth-order valence-electron chi connectivity index (χ4n) is 3.04. The van der Waals surface area contributed by atoms with Gasteiger partial charge in [0, 0.05) is 19.3 Å². The Hall–Kier alpha value is -2.33. The quantitative estimate of drug-likeness (QED) is 0.903. The van der Waals surface area contributed by atoms with Gasteiger partial charge >= 0.3 is 0 Å². The summed E-state index contributed by atoms with van der Waals surface area (Å²) in [7, 11) is 1.65. The summed E-state index contributed by atoms with van der Waals surface area (Å²) in [6.07, 6.45) is -0.177. The number of ether oxygens (including phenoxy) is 1. The van der Waals surface area contributed by atoms with Crippen LogP contribution in [0.3, 0.4) is 0 Å². The first-order chi connectivity index (χ1) is 11.6. The molecule has 0 saturated heterocycles. The summed E-state index contributed by atoms with van der Waals surface area (Å²) < 4.78 is 5.19. The number of methoxy groups -OCH3 is 1. The molecule has 1 aliphatic heterocycles. The standard InChI is InChI=1S/C20H24N2O2/c1-14(2)15-8-10-16(11-9-15)19-21-18-7-5-4-6-17(18)20(23)22(19)12-13-24-3/h4-11,14,19,21H,12-13H2,1-3H3/t19-/m1/s1. The number of fused-ring (bicyclic) bond motifs is 1. The molecule has 0 aromatic heterocycles. The summed E-state index contributed by atoms with van der Waals surface area (Å²) in [5.74, 6) is 0.532. The molecular weight excluding hydrogens is 300 g/mol. The number of rotatable bonds is 5. The average Bonchev–Trinajstić information content (AvgIpc) is 2.61. The van der Waals surface area contributed by atoms with Gasteiger partial charge in [0.25, 0.3) is 5.91 Å². The fraction of sp³-hybridized carbons (Fsp3) is 0.350. The van der Waals surface area contributed by atoms with E-state index >= 15 is 0 Å². The van der Waals surface area contributed by atoms with E-state index in [0.29, 0.717) is 24.6 Å². The lowest BCUT2D eigenvalue weighted by molar-refractivity contribution is 0.0609. The second-order valence-corrected chi connectivity index (χ2v) is 6.41. The molecule has 2 aromatic rings.